The van der Waals surface area contributed by atoms with Gasteiger partial charge in [0.25, 0.3) is 0 Å². The maximum atomic E-state index is 13.6. The van der Waals surface area contributed by atoms with Gasteiger partial charge in [0.05, 0.1) is 17.6 Å². The van der Waals surface area contributed by atoms with Gasteiger partial charge < -0.3 is 38.6 Å². The number of hydrogen-bond acceptors (Lipinski definition) is 14. The molecule has 1 aromatic carbocycles. The molecule has 14 heteroatoms. The molecule has 51 heavy (non-hydrogen) atoms. The number of carbonyl (C=O) groups excluding carboxylic acids is 6. The lowest BCUT2D eigenvalue weighted by Gasteiger charge is -2.46. The molecule has 2 aliphatic rings. The van der Waals surface area contributed by atoms with Crippen LogP contribution in [0.5, 0.6) is 0 Å². The molecule has 1 aromatic rings. The summed E-state index contributed by atoms with van der Waals surface area (Å²) in [5.74, 6) is -8.23. The van der Waals surface area contributed by atoms with E-state index in [2.05, 4.69) is 0 Å². The number of allylic oxidation sites excluding steroid dienone is 1. The number of hydrogen-bond donors (Lipinski definition) is 2. The largest absolute Gasteiger partial charge is 0.458 e. The quantitative estimate of drug-likeness (QED) is 0.236. The third-order valence-corrected chi connectivity index (χ3v) is 9.30. The SMILES string of the molecule is CC(=O)O/C1=C(\C)[C@@H](O)[C@H]2[C@@H](OC(=O)c3ccccc3)[C@@H](C)[C@H](O)[C@]2(OC(C)=O)[C@H](OC(C)=O)/C(C)=C/CC(C)(C)C(OC(C)=O)[C@H]1OC(C)=O. The summed E-state index contributed by atoms with van der Waals surface area (Å²) in [5, 5.41) is 24.7. The Labute approximate surface area is 297 Å². The second-order valence-corrected chi connectivity index (χ2v) is 13.8. The maximum Gasteiger partial charge on any atom is 0.338 e. The van der Waals surface area contributed by atoms with Crippen molar-refractivity contribution in [1.29, 1.82) is 0 Å². The zero-order valence-corrected chi connectivity index (χ0v) is 30.6. The normalized spacial score (nSPS) is 33.1. The molecule has 0 spiro atoms. The molecule has 0 radical (unpaired) electrons. The Morgan fingerprint density at radius 1 is 0.765 bits per heavy atom. The van der Waals surface area contributed by atoms with E-state index >= 15 is 0 Å². The number of benzene rings is 1. The fraction of sp³-hybridized carbons (Fsp3) is 0.568. The van der Waals surface area contributed by atoms with Crippen LogP contribution in [0.2, 0.25) is 0 Å². The zero-order valence-electron chi connectivity index (χ0n) is 30.6. The number of ether oxygens (including phenoxy) is 6. The van der Waals surface area contributed by atoms with Gasteiger partial charge in [0.2, 0.25) is 0 Å². The van der Waals surface area contributed by atoms with Crippen LogP contribution >= 0.6 is 0 Å². The molecule has 0 aromatic heterocycles. The van der Waals surface area contributed by atoms with E-state index in [0.29, 0.717) is 0 Å². The van der Waals surface area contributed by atoms with Crippen molar-refractivity contribution in [2.45, 2.75) is 118 Å². The van der Waals surface area contributed by atoms with Gasteiger partial charge in [0.1, 0.15) is 12.2 Å². The number of rotatable bonds is 7. The second kappa shape index (κ2) is 16.2. The fourth-order valence-electron chi connectivity index (χ4n) is 7.03. The molecular formula is C37H48O14. The summed E-state index contributed by atoms with van der Waals surface area (Å²) in [6.45, 7) is 13.2. The van der Waals surface area contributed by atoms with Gasteiger partial charge in [-0.2, -0.15) is 0 Å². The van der Waals surface area contributed by atoms with Gasteiger partial charge in [-0.25, -0.2) is 4.79 Å². The molecule has 9 atom stereocenters. The van der Waals surface area contributed by atoms with E-state index < -0.39 is 101 Å². The van der Waals surface area contributed by atoms with Crippen LogP contribution in [-0.2, 0) is 52.4 Å². The first kappa shape index (κ1) is 40.9. The lowest BCUT2D eigenvalue weighted by atomic mass is 9.72. The predicted molar refractivity (Wildman–Crippen MR) is 178 cm³/mol. The van der Waals surface area contributed by atoms with Crippen molar-refractivity contribution in [3.63, 3.8) is 0 Å². The Hall–Kier alpha value is -4.56. The molecule has 0 aliphatic heterocycles. The monoisotopic (exact) mass is 716 g/mol. The summed E-state index contributed by atoms with van der Waals surface area (Å²) in [7, 11) is 0. The lowest BCUT2D eigenvalue weighted by molar-refractivity contribution is -0.214. The molecule has 0 amide bonds. The molecule has 14 nitrogen and oxygen atoms in total. The smallest absolute Gasteiger partial charge is 0.338 e. The number of fused-ring (bicyclic) bond motifs is 1. The molecule has 1 fully saturated rings. The van der Waals surface area contributed by atoms with Gasteiger partial charge in [0, 0.05) is 46.0 Å². The van der Waals surface area contributed by atoms with Gasteiger partial charge in [-0.15, -0.1) is 0 Å². The van der Waals surface area contributed by atoms with Gasteiger partial charge in [-0.3, -0.25) is 24.0 Å². The zero-order chi connectivity index (χ0) is 38.6. The first-order valence-electron chi connectivity index (χ1n) is 16.5. The Morgan fingerprint density at radius 2 is 1.33 bits per heavy atom. The highest BCUT2D eigenvalue weighted by molar-refractivity contribution is 5.89. The molecule has 1 saturated carbocycles. The van der Waals surface area contributed by atoms with Crippen LogP contribution in [0.15, 0.2) is 53.3 Å². The number of aliphatic hydroxyl groups excluding tert-OH is 2. The molecular weight excluding hydrogens is 668 g/mol. The predicted octanol–water partition coefficient (Wildman–Crippen LogP) is 3.51. The van der Waals surface area contributed by atoms with Gasteiger partial charge in [0.15, 0.2) is 29.7 Å². The summed E-state index contributed by atoms with van der Waals surface area (Å²) >= 11 is 0. The summed E-state index contributed by atoms with van der Waals surface area (Å²) in [4.78, 5) is 77.1. The number of esters is 6. The second-order valence-electron chi connectivity index (χ2n) is 13.8. The van der Waals surface area contributed by atoms with Crippen molar-refractivity contribution in [1.82, 2.24) is 0 Å². The summed E-state index contributed by atoms with van der Waals surface area (Å²) in [6, 6.07) is 7.89. The van der Waals surface area contributed by atoms with Crippen molar-refractivity contribution in [2.75, 3.05) is 0 Å². The molecule has 2 aliphatic carbocycles. The highest BCUT2D eigenvalue weighted by atomic mass is 16.6. The Kier molecular flexibility index (Phi) is 13.0. The molecule has 3 rings (SSSR count). The van der Waals surface area contributed by atoms with Crippen LogP contribution in [-0.4, -0.2) is 88.3 Å². The van der Waals surface area contributed by atoms with Gasteiger partial charge >= 0.3 is 35.8 Å². The summed E-state index contributed by atoms with van der Waals surface area (Å²) < 4.78 is 34.9. The molecule has 0 bridgehead atoms. The first-order valence-corrected chi connectivity index (χ1v) is 16.5. The van der Waals surface area contributed by atoms with Crippen LogP contribution in [0.1, 0.15) is 86.0 Å². The minimum atomic E-state index is -2.32. The number of carbonyl (C=O) groups is 6. The molecule has 280 valence electrons. The topological polar surface area (TPSA) is 198 Å². The average Bonchev–Trinajstić information content (AvgIpc) is 3.23. The molecule has 0 saturated heterocycles. The van der Waals surface area contributed by atoms with E-state index in [1.54, 1.807) is 45.0 Å². The van der Waals surface area contributed by atoms with Crippen molar-refractivity contribution in [2.24, 2.45) is 17.3 Å². The maximum absolute atomic E-state index is 13.6. The Bertz CT molecular complexity index is 1580. The molecule has 2 N–H and O–H groups in total. The highest BCUT2D eigenvalue weighted by Gasteiger charge is 2.70. The lowest BCUT2D eigenvalue weighted by Crippen LogP contribution is -2.62. The van der Waals surface area contributed by atoms with E-state index in [1.807, 2.05) is 0 Å². The highest BCUT2D eigenvalue weighted by Crippen LogP contribution is 2.53. The summed E-state index contributed by atoms with van der Waals surface area (Å²) in [6.07, 6.45) is -8.02. The Morgan fingerprint density at radius 3 is 1.84 bits per heavy atom. The van der Waals surface area contributed by atoms with Crippen molar-refractivity contribution >= 4 is 35.8 Å². The van der Waals surface area contributed by atoms with Crippen LogP contribution in [0.4, 0.5) is 0 Å². The van der Waals surface area contributed by atoms with E-state index in [4.69, 9.17) is 28.4 Å². The van der Waals surface area contributed by atoms with E-state index in [-0.39, 0.29) is 23.1 Å². The van der Waals surface area contributed by atoms with Crippen molar-refractivity contribution in [3.05, 3.63) is 58.9 Å². The van der Waals surface area contributed by atoms with E-state index in [0.717, 1.165) is 34.6 Å². The average molecular weight is 717 g/mol. The minimum Gasteiger partial charge on any atom is -0.458 e. The van der Waals surface area contributed by atoms with Gasteiger partial charge in [-0.1, -0.05) is 45.0 Å². The van der Waals surface area contributed by atoms with Gasteiger partial charge in [-0.05, 0) is 43.5 Å². The van der Waals surface area contributed by atoms with Crippen molar-refractivity contribution < 1.29 is 67.4 Å². The van der Waals surface area contributed by atoms with E-state index in [1.165, 1.54) is 26.0 Å². The fourth-order valence-corrected chi connectivity index (χ4v) is 7.03. The third-order valence-electron chi connectivity index (χ3n) is 9.30. The van der Waals surface area contributed by atoms with Crippen LogP contribution in [0, 0.1) is 17.3 Å². The van der Waals surface area contributed by atoms with Crippen LogP contribution < -0.4 is 0 Å². The standard InChI is InChI=1S/C37H48O14/c1-18-16-17-36(9,10)34(49-24(7)41)31(47-22(5)39)30(46-21(4)38)19(2)28(43)27-29(50-35(45)26-14-12-11-13-15-26)20(3)32(44)37(27,51-25(8)42)33(18)48-23(6)40/h11-16,20,27-29,31-34,43-44H,17H2,1-10H3/b18-16+,30-19+/t20-,27+,28-,29+,31+,32+,33-,34?,37+/m1/s1. The van der Waals surface area contributed by atoms with Crippen LogP contribution in [0.25, 0.3) is 0 Å². The number of aliphatic hydroxyl groups is 2. The molecule has 0 heterocycles. The van der Waals surface area contributed by atoms with Crippen LogP contribution in [0.3, 0.4) is 0 Å². The van der Waals surface area contributed by atoms with Crippen molar-refractivity contribution in [3.8, 4) is 0 Å². The minimum absolute atomic E-state index is 0.0279. The summed E-state index contributed by atoms with van der Waals surface area (Å²) in [5.41, 5.74) is -3.26. The first-order chi connectivity index (χ1) is 23.6. The molecule has 1 unspecified atom stereocenters. The van der Waals surface area contributed by atoms with E-state index in [9.17, 15) is 39.0 Å². The third kappa shape index (κ3) is 8.85. The Balaban J connectivity index is 2.54.